The molecule has 2 rings (SSSR count). The van der Waals surface area contributed by atoms with Crippen LogP contribution < -0.4 is 0 Å². The van der Waals surface area contributed by atoms with Gasteiger partial charge < -0.3 is 9.47 Å². The van der Waals surface area contributed by atoms with Crippen molar-refractivity contribution < 1.29 is 14.3 Å². The van der Waals surface area contributed by atoms with Crippen molar-refractivity contribution in [2.24, 2.45) is 17.8 Å². The van der Waals surface area contributed by atoms with Crippen LogP contribution in [0.3, 0.4) is 0 Å². The highest BCUT2D eigenvalue weighted by molar-refractivity contribution is 5.60. The van der Waals surface area contributed by atoms with Gasteiger partial charge in [0.1, 0.15) is 6.10 Å². The minimum absolute atomic E-state index is 0.0924. The molecule has 2 saturated carbocycles. The third-order valence-electron chi connectivity index (χ3n) is 5.97. The van der Waals surface area contributed by atoms with Gasteiger partial charge in [0.15, 0.2) is 0 Å². The molecule has 3 heteroatoms. The van der Waals surface area contributed by atoms with E-state index in [2.05, 4.69) is 6.92 Å². The average molecular weight is 325 g/mol. The fraction of sp³-hybridized carbons (Fsp3) is 0.950. The highest BCUT2D eigenvalue weighted by atomic mass is 16.7. The highest BCUT2D eigenvalue weighted by Gasteiger charge is 2.26. The van der Waals surface area contributed by atoms with Crippen LogP contribution in [0.5, 0.6) is 0 Å². The fourth-order valence-electron chi connectivity index (χ4n) is 4.51. The van der Waals surface area contributed by atoms with Crippen molar-refractivity contribution in [3.8, 4) is 0 Å². The van der Waals surface area contributed by atoms with E-state index in [1.807, 2.05) is 6.92 Å². The van der Waals surface area contributed by atoms with E-state index in [1.165, 1.54) is 64.2 Å². The lowest BCUT2D eigenvalue weighted by Crippen LogP contribution is -2.25. The molecule has 134 valence electrons. The SMILES string of the molecule is CCCC1CCC(CCC2CCC(OC(=O)OCC)CC2)CC1. The maximum Gasteiger partial charge on any atom is 0.508 e. The normalized spacial score (nSPS) is 31.6. The quantitative estimate of drug-likeness (QED) is 0.530. The largest absolute Gasteiger partial charge is 0.508 e. The van der Waals surface area contributed by atoms with Crippen LogP contribution in [0.1, 0.15) is 90.9 Å². The molecule has 0 aromatic rings. The van der Waals surface area contributed by atoms with Crippen LogP contribution in [-0.2, 0) is 9.47 Å². The van der Waals surface area contributed by atoms with Gasteiger partial charge in [-0.3, -0.25) is 0 Å². The summed E-state index contributed by atoms with van der Waals surface area (Å²) < 4.78 is 10.2. The molecule has 2 aliphatic carbocycles. The van der Waals surface area contributed by atoms with Gasteiger partial charge in [-0.05, 0) is 50.4 Å². The third kappa shape index (κ3) is 6.73. The second-order valence-electron chi connectivity index (χ2n) is 7.70. The van der Waals surface area contributed by atoms with Gasteiger partial charge in [-0.25, -0.2) is 4.79 Å². The standard InChI is InChI=1S/C20H36O3/c1-3-5-16-6-8-17(9-7-16)10-11-18-12-14-19(15-13-18)23-20(21)22-4-2/h16-19H,3-15H2,1-2H3. The zero-order valence-corrected chi connectivity index (χ0v) is 15.2. The van der Waals surface area contributed by atoms with Crippen molar-refractivity contribution in [2.75, 3.05) is 6.61 Å². The van der Waals surface area contributed by atoms with Gasteiger partial charge >= 0.3 is 6.16 Å². The Bertz CT molecular complexity index is 326. The average Bonchev–Trinajstić information content (AvgIpc) is 2.56. The number of ether oxygens (including phenoxy) is 2. The number of hydrogen-bond donors (Lipinski definition) is 0. The second-order valence-corrected chi connectivity index (χ2v) is 7.70. The molecule has 0 aromatic heterocycles. The van der Waals surface area contributed by atoms with Crippen LogP contribution in [0.15, 0.2) is 0 Å². The molecule has 2 aliphatic rings. The molecule has 3 nitrogen and oxygen atoms in total. The van der Waals surface area contributed by atoms with Crippen LogP contribution in [0, 0.1) is 17.8 Å². The van der Waals surface area contributed by atoms with E-state index in [1.54, 1.807) is 0 Å². The van der Waals surface area contributed by atoms with Crippen LogP contribution in [0.25, 0.3) is 0 Å². The summed E-state index contributed by atoms with van der Waals surface area (Å²) in [6.07, 6.45) is 15.6. The van der Waals surface area contributed by atoms with Crippen molar-refractivity contribution in [1.82, 2.24) is 0 Å². The summed E-state index contributed by atoms with van der Waals surface area (Å²) in [6.45, 7) is 4.52. The second kappa shape index (κ2) is 10.2. The smallest absolute Gasteiger partial charge is 0.435 e. The molecular weight excluding hydrogens is 288 g/mol. The van der Waals surface area contributed by atoms with Gasteiger partial charge in [-0.2, -0.15) is 0 Å². The molecule has 0 bridgehead atoms. The monoisotopic (exact) mass is 324 g/mol. The lowest BCUT2D eigenvalue weighted by atomic mass is 9.76. The first-order chi connectivity index (χ1) is 11.2. The van der Waals surface area contributed by atoms with Gasteiger partial charge in [0.2, 0.25) is 0 Å². The summed E-state index contributed by atoms with van der Waals surface area (Å²) >= 11 is 0. The van der Waals surface area contributed by atoms with Crippen molar-refractivity contribution in [3.05, 3.63) is 0 Å². The summed E-state index contributed by atoms with van der Waals surface area (Å²) in [5.41, 5.74) is 0. The zero-order chi connectivity index (χ0) is 16.5. The summed E-state index contributed by atoms with van der Waals surface area (Å²) in [7, 11) is 0. The molecule has 2 fully saturated rings. The lowest BCUT2D eigenvalue weighted by molar-refractivity contribution is 0.00713. The molecular formula is C20H36O3. The molecule has 0 radical (unpaired) electrons. The van der Waals surface area contributed by atoms with Crippen molar-refractivity contribution in [3.63, 3.8) is 0 Å². The summed E-state index contributed by atoms with van der Waals surface area (Å²) in [5.74, 6) is 2.86. The molecule has 0 saturated heterocycles. The Morgan fingerprint density at radius 3 is 1.74 bits per heavy atom. The van der Waals surface area contributed by atoms with Gasteiger partial charge in [-0.15, -0.1) is 0 Å². The molecule has 0 aliphatic heterocycles. The van der Waals surface area contributed by atoms with E-state index in [9.17, 15) is 4.79 Å². The number of carbonyl (C=O) groups is 1. The topological polar surface area (TPSA) is 35.5 Å². The van der Waals surface area contributed by atoms with E-state index >= 15 is 0 Å². The highest BCUT2D eigenvalue weighted by Crippen LogP contribution is 2.36. The number of rotatable bonds is 7. The van der Waals surface area contributed by atoms with Gasteiger partial charge in [0.25, 0.3) is 0 Å². The molecule has 0 spiro atoms. The van der Waals surface area contributed by atoms with Crippen LogP contribution in [0.4, 0.5) is 4.79 Å². The molecule has 0 atom stereocenters. The summed E-state index contributed by atoms with van der Waals surface area (Å²) in [5, 5.41) is 0. The first kappa shape index (κ1) is 18.6. The predicted octanol–water partition coefficient (Wildman–Crippen LogP) is 6.11. The minimum Gasteiger partial charge on any atom is -0.435 e. The Morgan fingerprint density at radius 2 is 1.26 bits per heavy atom. The minimum atomic E-state index is -0.486. The number of hydrogen-bond acceptors (Lipinski definition) is 3. The van der Waals surface area contributed by atoms with Crippen molar-refractivity contribution >= 4 is 6.16 Å². The maximum absolute atomic E-state index is 11.4. The maximum atomic E-state index is 11.4. The van der Waals surface area contributed by atoms with E-state index < -0.39 is 6.16 Å². The molecule has 23 heavy (non-hydrogen) atoms. The van der Waals surface area contributed by atoms with Crippen molar-refractivity contribution in [1.29, 1.82) is 0 Å². The Labute approximate surface area is 142 Å². The molecule has 0 heterocycles. The predicted molar refractivity (Wildman–Crippen MR) is 93.4 cm³/mol. The van der Waals surface area contributed by atoms with Crippen molar-refractivity contribution in [2.45, 2.75) is 97.0 Å². The van der Waals surface area contributed by atoms with E-state index in [0.29, 0.717) is 6.61 Å². The van der Waals surface area contributed by atoms with Crippen LogP contribution in [0.2, 0.25) is 0 Å². The Kier molecular flexibility index (Phi) is 8.25. The summed E-state index contributed by atoms with van der Waals surface area (Å²) in [6, 6.07) is 0. The zero-order valence-electron chi connectivity index (χ0n) is 15.2. The van der Waals surface area contributed by atoms with E-state index in [0.717, 1.165) is 30.6 Å². The van der Waals surface area contributed by atoms with E-state index in [-0.39, 0.29) is 6.10 Å². The third-order valence-corrected chi connectivity index (χ3v) is 5.97. The van der Waals surface area contributed by atoms with E-state index in [4.69, 9.17) is 9.47 Å². The lowest BCUT2D eigenvalue weighted by Gasteiger charge is -2.31. The van der Waals surface area contributed by atoms with Gasteiger partial charge in [0, 0.05) is 0 Å². The summed E-state index contributed by atoms with van der Waals surface area (Å²) in [4.78, 5) is 11.4. The molecule has 0 unspecified atom stereocenters. The molecule has 0 amide bonds. The Hall–Kier alpha value is -0.730. The molecule has 0 N–H and O–H groups in total. The van der Waals surface area contributed by atoms with Gasteiger partial charge in [0.05, 0.1) is 6.61 Å². The Balaban J connectivity index is 1.56. The Morgan fingerprint density at radius 1 is 0.783 bits per heavy atom. The van der Waals surface area contributed by atoms with Crippen LogP contribution >= 0.6 is 0 Å². The van der Waals surface area contributed by atoms with Crippen LogP contribution in [-0.4, -0.2) is 18.9 Å². The fourth-order valence-corrected chi connectivity index (χ4v) is 4.51. The number of carbonyl (C=O) groups excluding carboxylic acids is 1. The first-order valence-electron chi connectivity index (χ1n) is 10.0. The van der Waals surface area contributed by atoms with Gasteiger partial charge in [-0.1, -0.05) is 58.3 Å². The first-order valence-corrected chi connectivity index (χ1v) is 10.0. The molecule has 0 aromatic carbocycles.